The monoisotopic (exact) mass is 247 g/mol. The summed E-state index contributed by atoms with van der Waals surface area (Å²) in [4.78, 5) is 8.20. The lowest BCUT2D eigenvalue weighted by Gasteiger charge is -2.07. The van der Waals surface area contributed by atoms with E-state index in [4.69, 9.17) is 10.5 Å². The summed E-state index contributed by atoms with van der Waals surface area (Å²) in [5, 5.41) is 0. The molecule has 0 unspecified atom stereocenters. The number of nitrogen functional groups attached to an aromatic ring is 1. The van der Waals surface area contributed by atoms with Crippen LogP contribution in [-0.4, -0.2) is 9.97 Å². The van der Waals surface area contributed by atoms with Gasteiger partial charge in [0, 0.05) is 18.1 Å². The van der Waals surface area contributed by atoms with Crippen molar-refractivity contribution >= 4 is 5.82 Å². The number of benzene rings is 1. The van der Waals surface area contributed by atoms with Crippen LogP contribution in [0.15, 0.2) is 30.3 Å². The molecule has 0 aliphatic heterocycles. The van der Waals surface area contributed by atoms with Crippen molar-refractivity contribution in [2.45, 2.75) is 20.0 Å². The minimum atomic E-state index is -0.296. The highest BCUT2D eigenvalue weighted by atomic mass is 19.1. The van der Waals surface area contributed by atoms with Gasteiger partial charge in [-0.1, -0.05) is 25.1 Å². The lowest BCUT2D eigenvalue weighted by Crippen LogP contribution is -2.04. The van der Waals surface area contributed by atoms with Crippen LogP contribution >= 0.6 is 0 Å². The van der Waals surface area contributed by atoms with Crippen LogP contribution in [0.4, 0.5) is 10.2 Å². The zero-order valence-corrected chi connectivity index (χ0v) is 10.1. The summed E-state index contributed by atoms with van der Waals surface area (Å²) in [6, 6.07) is 7.98. The summed E-state index contributed by atoms with van der Waals surface area (Å²) in [6.45, 7) is 2.04. The van der Waals surface area contributed by atoms with Gasteiger partial charge in [-0.25, -0.2) is 9.37 Å². The number of nitrogens with zero attached hydrogens (tertiary/aromatic N) is 2. The molecule has 1 aromatic heterocycles. The highest BCUT2D eigenvalue weighted by Gasteiger charge is 2.05. The lowest BCUT2D eigenvalue weighted by atomic mass is 10.2. The SMILES string of the molecule is CCc1nc(N)cc(OCc2ccccc2F)n1. The van der Waals surface area contributed by atoms with E-state index in [1.807, 2.05) is 6.92 Å². The van der Waals surface area contributed by atoms with E-state index in [1.165, 1.54) is 12.1 Å². The van der Waals surface area contributed by atoms with E-state index in [1.54, 1.807) is 18.2 Å². The molecule has 0 aliphatic rings. The van der Waals surface area contributed by atoms with Crippen LogP contribution in [0.25, 0.3) is 0 Å². The predicted octanol–water partition coefficient (Wildman–Crippen LogP) is 2.34. The minimum Gasteiger partial charge on any atom is -0.473 e. The zero-order valence-electron chi connectivity index (χ0n) is 10.1. The van der Waals surface area contributed by atoms with E-state index in [-0.39, 0.29) is 12.4 Å². The van der Waals surface area contributed by atoms with Crippen molar-refractivity contribution in [2.75, 3.05) is 5.73 Å². The van der Waals surface area contributed by atoms with Crippen LogP contribution in [0.2, 0.25) is 0 Å². The number of anilines is 1. The van der Waals surface area contributed by atoms with Crippen molar-refractivity contribution in [3.63, 3.8) is 0 Å². The fourth-order valence-corrected chi connectivity index (χ4v) is 1.49. The molecule has 0 atom stereocenters. The Hall–Kier alpha value is -2.17. The van der Waals surface area contributed by atoms with Gasteiger partial charge in [0.05, 0.1) is 0 Å². The summed E-state index contributed by atoms with van der Waals surface area (Å²) in [6.07, 6.45) is 0.668. The average Bonchev–Trinajstić information content (AvgIpc) is 2.37. The van der Waals surface area contributed by atoms with Gasteiger partial charge in [-0.15, -0.1) is 0 Å². The molecule has 4 nitrogen and oxygen atoms in total. The van der Waals surface area contributed by atoms with Gasteiger partial charge in [0.15, 0.2) is 0 Å². The number of hydrogen-bond acceptors (Lipinski definition) is 4. The average molecular weight is 247 g/mol. The fourth-order valence-electron chi connectivity index (χ4n) is 1.49. The van der Waals surface area contributed by atoms with E-state index < -0.39 is 0 Å². The molecular weight excluding hydrogens is 233 g/mol. The molecule has 2 rings (SSSR count). The van der Waals surface area contributed by atoms with Gasteiger partial charge in [-0.2, -0.15) is 4.98 Å². The Bertz CT molecular complexity index is 546. The first kappa shape index (κ1) is 12.3. The molecule has 1 heterocycles. The predicted molar refractivity (Wildman–Crippen MR) is 66.6 cm³/mol. The quantitative estimate of drug-likeness (QED) is 0.900. The standard InChI is InChI=1S/C13H14FN3O/c1-2-12-16-11(15)7-13(17-12)18-8-9-5-3-4-6-10(9)14/h3-7H,2,8H2,1H3,(H2,15,16,17). The van der Waals surface area contributed by atoms with E-state index in [9.17, 15) is 4.39 Å². The topological polar surface area (TPSA) is 61.0 Å². The van der Waals surface area contributed by atoms with Crippen molar-refractivity contribution < 1.29 is 9.13 Å². The van der Waals surface area contributed by atoms with E-state index >= 15 is 0 Å². The fraction of sp³-hybridized carbons (Fsp3) is 0.231. The molecule has 94 valence electrons. The Morgan fingerprint density at radius 1 is 1.28 bits per heavy atom. The molecule has 0 saturated carbocycles. The van der Waals surface area contributed by atoms with Crippen molar-refractivity contribution in [3.8, 4) is 5.88 Å². The molecule has 5 heteroatoms. The molecule has 0 bridgehead atoms. The Balaban J connectivity index is 2.11. The number of aryl methyl sites for hydroxylation is 1. The Labute approximate surface area is 105 Å². The first-order valence-corrected chi connectivity index (χ1v) is 5.68. The van der Waals surface area contributed by atoms with Crippen molar-refractivity contribution in [3.05, 3.63) is 47.5 Å². The molecule has 0 spiro atoms. The van der Waals surface area contributed by atoms with Crippen LogP contribution in [-0.2, 0) is 13.0 Å². The Morgan fingerprint density at radius 2 is 2.06 bits per heavy atom. The van der Waals surface area contributed by atoms with Crippen LogP contribution in [0, 0.1) is 5.82 Å². The smallest absolute Gasteiger partial charge is 0.219 e. The number of aromatic nitrogens is 2. The molecular formula is C13H14FN3O. The number of rotatable bonds is 4. The maximum atomic E-state index is 13.4. The van der Waals surface area contributed by atoms with E-state index in [0.717, 1.165) is 0 Å². The second-order valence-corrected chi connectivity index (χ2v) is 3.78. The largest absolute Gasteiger partial charge is 0.473 e. The molecule has 0 aliphatic carbocycles. The number of nitrogens with two attached hydrogens (primary N) is 1. The van der Waals surface area contributed by atoms with Gasteiger partial charge >= 0.3 is 0 Å². The van der Waals surface area contributed by atoms with Crippen molar-refractivity contribution in [1.82, 2.24) is 9.97 Å². The van der Waals surface area contributed by atoms with Gasteiger partial charge in [0.25, 0.3) is 0 Å². The van der Waals surface area contributed by atoms with Crippen LogP contribution < -0.4 is 10.5 Å². The number of halogens is 1. The van der Waals surface area contributed by atoms with Gasteiger partial charge < -0.3 is 10.5 Å². The molecule has 0 saturated heterocycles. The van der Waals surface area contributed by atoms with Gasteiger partial charge in [0.2, 0.25) is 5.88 Å². The van der Waals surface area contributed by atoms with Crippen LogP contribution in [0.1, 0.15) is 18.3 Å². The summed E-state index contributed by atoms with van der Waals surface area (Å²) in [7, 11) is 0. The Morgan fingerprint density at radius 3 is 2.78 bits per heavy atom. The Kier molecular flexibility index (Phi) is 3.72. The second-order valence-electron chi connectivity index (χ2n) is 3.78. The number of hydrogen-bond donors (Lipinski definition) is 1. The van der Waals surface area contributed by atoms with E-state index in [2.05, 4.69) is 9.97 Å². The maximum absolute atomic E-state index is 13.4. The molecule has 2 aromatic rings. The minimum absolute atomic E-state index is 0.117. The molecule has 0 fully saturated rings. The molecule has 2 N–H and O–H groups in total. The summed E-state index contributed by atoms with van der Waals surface area (Å²) < 4.78 is 18.8. The highest BCUT2D eigenvalue weighted by molar-refractivity contribution is 5.33. The third kappa shape index (κ3) is 2.94. The van der Waals surface area contributed by atoms with Crippen molar-refractivity contribution in [2.24, 2.45) is 0 Å². The highest BCUT2D eigenvalue weighted by Crippen LogP contribution is 2.14. The third-order valence-corrected chi connectivity index (χ3v) is 2.42. The summed E-state index contributed by atoms with van der Waals surface area (Å²) in [5.74, 6) is 1.03. The molecule has 18 heavy (non-hydrogen) atoms. The maximum Gasteiger partial charge on any atom is 0.219 e. The van der Waals surface area contributed by atoms with Gasteiger partial charge in [-0.05, 0) is 6.07 Å². The molecule has 0 amide bonds. The zero-order chi connectivity index (χ0) is 13.0. The summed E-state index contributed by atoms with van der Waals surface area (Å²) in [5.41, 5.74) is 6.11. The second kappa shape index (κ2) is 5.44. The number of ether oxygens (including phenoxy) is 1. The van der Waals surface area contributed by atoms with Crippen LogP contribution in [0.5, 0.6) is 5.88 Å². The van der Waals surface area contributed by atoms with E-state index in [0.29, 0.717) is 29.5 Å². The van der Waals surface area contributed by atoms with Crippen molar-refractivity contribution in [1.29, 1.82) is 0 Å². The van der Waals surface area contributed by atoms with Gasteiger partial charge in [-0.3, -0.25) is 0 Å². The first-order valence-electron chi connectivity index (χ1n) is 5.68. The first-order chi connectivity index (χ1) is 8.69. The third-order valence-electron chi connectivity index (χ3n) is 2.42. The van der Waals surface area contributed by atoms with Gasteiger partial charge in [0.1, 0.15) is 24.1 Å². The molecule has 0 radical (unpaired) electrons. The normalized spacial score (nSPS) is 10.3. The summed E-state index contributed by atoms with van der Waals surface area (Å²) >= 11 is 0. The lowest BCUT2D eigenvalue weighted by molar-refractivity contribution is 0.287. The van der Waals surface area contributed by atoms with Crippen LogP contribution in [0.3, 0.4) is 0 Å². The molecule has 1 aromatic carbocycles.